The van der Waals surface area contributed by atoms with Crippen LogP contribution in [-0.4, -0.2) is 42.4 Å². The van der Waals surface area contributed by atoms with Crippen LogP contribution in [-0.2, 0) is 16.1 Å². The first-order valence-corrected chi connectivity index (χ1v) is 9.01. The van der Waals surface area contributed by atoms with Gasteiger partial charge in [-0.25, -0.2) is 4.79 Å². The molecule has 0 saturated carbocycles. The van der Waals surface area contributed by atoms with Gasteiger partial charge in [-0.05, 0) is 43.7 Å². The van der Waals surface area contributed by atoms with Crippen LogP contribution >= 0.6 is 0 Å². The molecule has 1 aliphatic heterocycles. The minimum absolute atomic E-state index is 0.281. The molecule has 3 rings (SSSR count). The number of nitrogens with zero attached hydrogens (tertiary/aromatic N) is 2. The van der Waals surface area contributed by atoms with Gasteiger partial charge in [-0.2, -0.15) is 0 Å². The molecular formula is C21H23N3O4. The number of rotatable bonds is 6. The average Bonchev–Trinajstić information content (AvgIpc) is 2.91. The van der Waals surface area contributed by atoms with E-state index in [1.54, 1.807) is 26.2 Å². The zero-order chi connectivity index (χ0) is 20.3. The summed E-state index contributed by atoms with van der Waals surface area (Å²) in [4.78, 5) is 40.0. The average molecular weight is 381 g/mol. The van der Waals surface area contributed by atoms with E-state index in [0.717, 1.165) is 16.0 Å². The van der Waals surface area contributed by atoms with Gasteiger partial charge >= 0.3 is 6.03 Å². The fraction of sp³-hybridized carbons (Fsp3) is 0.286. The molecule has 0 aromatic heterocycles. The molecule has 0 aliphatic carbocycles. The van der Waals surface area contributed by atoms with Gasteiger partial charge in [-0.15, -0.1) is 0 Å². The molecule has 28 heavy (non-hydrogen) atoms. The highest BCUT2D eigenvalue weighted by molar-refractivity contribution is 6.15. The highest BCUT2D eigenvalue weighted by atomic mass is 16.5. The Morgan fingerprint density at radius 3 is 2.54 bits per heavy atom. The van der Waals surface area contributed by atoms with E-state index in [9.17, 15) is 14.4 Å². The number of hydrogen-bond donors (Lipinski definition) is 1. The van der Waals surface area contributed by atoms with Gasteiger partial charge in [0.15, 0.2) is 0 Å². The Morgan fingerprint density at radius 1 is 1.14 bits per heavy atom. The van der Waals surface area contributed by atoms with E-state index >= 15 is 0 Å². The number of urea groups is 1. The highest BCUT2D eigenvalue weighted by Gasteiger charge is 2.43. The van der Waals surface area contributed by atoms with Gasteiger partial charge in [0.25, 0.3) is 5.91 Å². The summed E-state index contributed by atoms with van der Waals surface area (Å²) in [5.74, 6) is -0.0937. The Hall–Kier alpha value is -3.35. The van der Waals surface area contributed by atoms with Crippen molar-refractivity contribution in [2.45, 2.75) is 26.4 Å². The molecule has 0 unspecified atom stereocenters. The summed E-state index contributed by atoms with van der Waals surface area (Å²) in [6.45, 7) is 3.58. The number of imide groups is 1. The number of amides is 4. The fourth-order valence-corrected chi connectivity index (χ4v) is 3.09. The van der Waals surface area contributed by atoms with Gasteiger partial charge in [-0.1, -0.05) is 29.8 Å². The molecule has 0 spiro atoms. The topological polar surface area (TPSA) is 79.0 Å². The lowest BCUT2D eigenvalue weighted by Gasteiger charge is -2.19. The lowest BCUT2D eigenvalue weighted by Crippen LogP contribution is -2.41. The molecule has 0 radical (unpaired) electrons. The van der Waals surface area contributed by atoms with E-state index in [1.807, 2.05) is 43.3 Å². The minimum atomic E-state index is -0.651. The van der Waals surface area contributed by atoms with Crippen LogP contribution in [0.5, 0.6) is 5.75 Å². The Morgan fingerprint density at radius 2 is 1.86 bits per heavy atom. The van der Waals surface area contributed by atoms with E-state index in [4.69, 9.17) is 4.74 Å². The minimum Gasteiger partial charge on any atom is -0.497 e. The van der Waals surface area contributed by atoms with Crippen molar-refractivity contribution >= 4 is 23.5 Å². The summed E-state index contributed by atoms with van der Waals surface area (Å²) in [6, 6.07) is 13.5. The molecule has 1 fully saturated rings. The monoisotopic (exact) mass is 381 g/mol. The van der Waals surface area contributed by atoms with Crippen LogP contribution in [0, 0.1) is 6.92 Å². The van der Waals surface area contributed by atoms with Crippen molar-refractivity contribution in [3.05, 3.63) is 59.7 Å². The number of anilines is 1. The maximum atomic E-state index is 12.7. The first-order valence-electron chi connectivity index (χ1n) is 9.01. The predicted molar refractivity (Wildman–Crippen MR) is 105 cm³/mol. The Balaban J connectivity index is 1.64. The summed E-state index contributed by atoms with van der Waals surface area (Å²) in [6.07, 6.45) is 0. The van der Waals surface area contributed by atoms with Gasteiger partial charge in [0.05, 0.1) is 7.11 Å². The molecule has 1 aliphatic rings. The molecule has 1 atom stereocenters. The third-order valence-corrected chi connectivity index (χ3v) is 4.69. The molecule has 1 saturated heterocycles. The summed E-state index contributed by atoms with van der Waals surface area (Å²) in [5, 5.41) is 2.74. The summed E-state index contributed by atoms with van der Waals surface area (Å²) in [5.41, 5.74) is 2.56. The summed E-state index contributed by atoms with van der Waals surface area (Å²) < 4.78 is 5.15. The Kier molecular flexibility index (Phi) is 5.63. The van der Waals surface area contributed by atoms with Crippen molar-refractivity contribution in [1.29, 1.82) is 0 Å². The largest absolute Gasteiger partial charge is 0.497 e. The van der Waals surface area contributed by atoms with Crippen LogP contribution in [0.3, 0.4) is 0 Å². The number of aryl methyl sites for hydroxylation is 1. The third kappa shape index (κ3) is 3.98. The van der Waals surface area contributed by atoms with Crippen molar-refractivity contribution in [3.63, 3.8) is 0 Å². The van der Waals surface area contributed by atoms with Crippen LogP contribution in [0.2, 0.25) is 0 Å². The van der Waals surface area contributed by atoms with Gasteiger partial charge < -0.3 is 10.1 Å². The smallest absolute Gasteiger partial charge is 0.332 e. The summed E-state index contributed by atoms with van der Waals surface area (Å²) >= 11 is 0. The van der Waals surface area contributed by atoms with Crippen molar-refractivity contribution in [3.8, 4) is 5.75 Å². The van der Waals surface area contributed by atoms with E-state index in [-0.39, 0.29) is 19.0 Å². The van der Waals surface area contributed by atoms with Gasteiger partial charge in [-0.3, -0.25) is 19.4 Å². The zero-order valence-corrected chi connectivity index (χ0v) is 16.1. The highest BCUT2D eigenvalue weighted by Crippen LogP contribution is 2.25. The number of carbonyl (C=O) groups is 3. The normalized spacial score (nSPS) is 16.5. The predicted octanol–water partition coefficient (Wildman–Crippen LogP) is 2.48. The second kappa shape index (κ2) is 8.12. The Labute approximate surface area is 163 Å². The SMILES string of the molecule is COc1cccc(CNC(=O)CN2C(=O)[C@@H](C)N(c3ccc(C)cc3)C2=O)c1. The fourth-order valence-electron chi connectivity index (χ4n) is 3.09. The molecule has 4 amide bonds. The van der Waals surface area contributed by atoms with Crippen molar-refractivity contribution in [1.82, 2.24) is 10.2 Å². The van der Waals surface area contributed by atoms with Gasteiger partial charge in [0, 0.05) is 12.2 Å². The van der Waals surface area contributed by atoms with Crippen LogP contribution in [0.1, 0.15) is 18.1 Å². The van der Waals surface area contributed by atoms with E-state index in [2.05, 4.69) is 5.32 Å². The number of nitrogens with one attached hydrogen (secondary N) is 1. The molecule has 0 bridgehead atoms. The number of carbonyl (C=O) groups excluding carboxylic acids is 3. The summed E-state index contributed by atoms with van der Waals surface area (Å²) in [7, 11) is 1.57. The van der Waals surface area contributed by atoms with E-state index in [1.165, 1.54) is 4.90 Å². The van der Waals surface area contributed by atoms with Crippen LogP contribution in [0.4, 0.5) is 10.5 Å². The van der Waals surface area contributed by atoms with Crippen LogP contribution in [0.25, 0.3) is 0 Å². The number of methoxy groups -OCH3 is 1. The maximum Gasteiger partial charge on any atom is 0.332 e. The standard InChI is InChI=1S/C21H23N3O4/c1-14-7-9-17(10-8-14)24-15(2)20(26)23(21(24)27)13-19(25)22-12-16-5-4-6-18(11-16)28-3/h4-11,15H,12-13H2,1-3H3,(H,22,25)/t15-/m1/s1. The van der Waals surface area contributed by atoms with Crippen LogP contribution < -0.4 is 15.0 Å². The second-order valence-electron chi connectivity index (χ2n) is 6.72. The number of hydrogen-bond acceptors (Lipinski definition) is 4. The lowest BCUT2D eigenvalue weighted by molar-refractivity contribution is -0.131. The maximum absolute atomic E-state index is 12.7. The molecular weight excluding hydrogens is 358 g/mol. The molecule has 1 heterocycles. The molecule has 7 nitrogen and oxygen atoms in total. The second-order valence-corrected chi connectivity index (χ2v) is 6.72. The van der Waals surface area contributed by atoms with E-state index in [0.29, 0.717) is 11.4 Å². The van der Waals surface area contributed by atoms with E-state index < -0.39 is 18.0 Å². The quantitative estimate of drug-likeness (QED) is 0.780. The first kappa shape index (κ1) is 19.4. The van der Waals surface area contributed by atoms with Gasteiger partial charge in [0.1, 0.15) is 18.3 Å². The third-order valence-electron chi connectivity index (χ3n) is 4.69. The Bertz CT molecular complexity index is 895. The number of ether oxygens (including phenoxy) is 1. The first-order chi connectivity index (χ1) is 13.4. The van der Waals surface area contributed by atoms with Crippen molar-refractivity contribution < 1.29 is 19.1 Å². The number of benzene rings is 2. The molecule has 146 valence electrons. The van der Waals surface area contributed by atoms with Crippen LogP contribution in [0.15, 0.2) is 48.5 Å². The zero-order valence-electron chi connectivity index (χ0n) is 16.1. The molecule has 2 aromatic rings. The van der Waals surface area contributed by atoms with Crippen molar-refractivity contribution in [2.24, 2.45) is 0 Å². The van der Waals surface area contributed by atoms with Crippen molar-refractivity contribution in [2.75, 3.05) is 18.6 Å². The van der Waals surface area contributed by atoms with Gasteiger partial charge in [0.2, 0.25) is 5.91 Å². The molecule has 1 N–H and O–H groups in total. The lowest BCUT2D eigenvalue weighted by atomic mass is 10.2. The molecule has 2 aromatic carbocycles. The molecule has 7 heteroatoms.